The Hall–Kier alpha value is -4.11. The number of terminal acetylenes is 1. The lowest BCUT2D eigenvalue weighted by Crippen LogP contribution is -2.58. The molecule has 0 bridgehead atoms. The highest BCUT2D eigenvalue weighted by molar-refractivity contribution is 6.03. The molecule has 1 unspecified atom stereocenters. The normalized spacial score (nSPS) is 28.1. The fourth-order valence-corrected chi connectivity index (χ4v) is 10.1. The van der Waals surface area contributed by atoms with Crippen LogP contribution in [-0.2, 0) is 9.47 Å². The van der Waals surface area contributed by atoms with Gasteiger partial charge in [0.15, 0.2) is 5.82 Å². The molecule has 2 aromatic carbocycles. The minimum Gasteiger partial charge on any atom is -0.508 e. The molecule has 0 radical (unpaired) electrons. The van der Waals surface area contributed by atoms with Gasteiger partial charge in [0.05, 0.1) is 36.4 Å². The van der Waals surface area contributed by atoms with Gasteiger partial charge in [-0.3, -0.25) is 9.88 Å². The molecule has 5 heterocycles. The van der Waals surface area contributed by atoms with Crippen molar-refractivity contribution in [3.63, 3.8) is 0 Å². The standard InChI is InChI=1S/C41H45F2N5O4/c1-2-29-32(42)8-7-26-22-28(49)23-30(34(26)29)36-35(43)37-31(24-44-36)38(47-16-5-19-50-21-18-47)46-39(45-37)51-25-40-11-3-6-33(40)48(17-4-12-40)27-9-13-41(14-10-27)15-20-52-41/h1,7-8,22-24,27,33,49H,3-6,9-21,25H2/t27?,33?,40-,41?/m1/s1. The number of likely N-dealkylation sites (tertiary alicyclic amines) is 1. The lowest BCUT2D eigenvalue weighted by atomic mass is 9.72. The predicted molar refractivity (Wildman–Crippen MR) is 195 cm³/mol. The van der Waals surface area contributed by atoms with Crippen LogP contribution >= 0.6 is 0 Å². The fourth-order valence-electron chi connectivity index (χ4n) is 10.1. The Labute approximate surface area is 302 Å². The third-order valence-electron chi connectivity index (χ3n) is 12.8. The van der Waals surface area contributed by atoms with E-state index in [-0.39, 0.29) is 45.1 Å². The molecule has 1 spiro atoms. The molecule has 272 valence electrons. The minimum atomic E-state index is -0.720. The van der Waals surface area contributed by atoms with Crippen LogP contribution in [-0.4, -0.2) is 88.7 Å². The highest BCUT2D eigenvalue weighted by Gasteiger charge is 2.51. The topological polar surface area (TPSA) is 93.1 Å². The molecule has 2 aliphatic carbocycles. The van der Waals surface area contributed by atoms with Crippen LogP contribution in [0, 0.1) is 29.4 Å². The fraction of sp³-hybridized carbons (Fsp3) is 0.537. The SMILES string of the molecule is C#Cc1c(F)ccc2cc(O)cc(-c3ncc4c(N5CCCOCC5)nc(OC[C@]56CCCC5N(C5CCC7(CCO7)CC5)CCC6)nc4c3F)c12. The van der Waals surface area contributed by atoms with Crippen molar-refractivity contribution in [1.29, 1.82) is 0 Å². The molecule has 3 aliphatic heterocycles. The van der Waals surface area contributed by atoms with E-state index in [1.807, 2.05) is 0 Å². The van der Waals surface area contributed by atoms with E-state index < -0.39 is 11.6 Å². The first-order valence-corrected chi connectivity index (χ1v) is 19.0. The molecule has 1 N–H and O–H groups in total. The second kappa shape index (κ2) is 13.4. The Kier molecular flexibility index (Phi) is 8.68. The molecule has 9 nitrogen and oxygen atoms in total. The number of piperidine rings is 1. The van der Waals surface area contributed by atoms with Crippen LogP contribution in [0.3, 0.4) is 0 Å². The molecule has 4 aromatic rings. The zero-order valence-electron chi connectivity index (χ0n) is 29.5. The van der Waals surface area contributed by atoms with Crippen LogP contribution in [0.4, 0.5) is 14.6 Å². The molecule has 5 aliphatic rings. The number of phenolic OH excluding ortho intramolecular Hbond substituents is 1. The van der Waals surface area contributed by atoms with Crippen molar-refractivity contribution in [1.82, 2.24) is 19.9 Å². The number of phenols is 1. The van der Waals surface area contributed by atoms with Crippen molar-refractivity contribution in [2.45, 2.75) is 88.3 Å². The maximum atomic E-state index is 17.0. The van der Waals surface area contributed by atoms with Crippen LogP contribution < -0.4 is 9.64 Å². The van der Waals surface area contributed by atoms with Crippen LogP contribution in [0.15, 0.2) is 30.5 Å². The summed E-state index contributed by atoms with van der Waals surface area (Å²) in [4.78, 5) is 19.1. The molecule has 11 heteroatoms. The number of halogens is 2. The van der Waals surface area contributed by atoms with Crippen molar-refractivity contribution in [3.8, 4) is 35.4 Å². The summed E-state index contributed by atoms with van der Waals surface area (Å²) in [6.45, 7) is 4.88. The van der Waals surface area contributed by atoms with Gasteiger partial charge >= 0.3 is 6.01 Å². The number of rotatable bonds is 6. The van der Waals surface area contributed by atoms with Crippen molar-refractivity contribution >= 4 is 27.5 Å². The van der Waals surface area contributed by atoms with Gasteiger partial charge in [-0.15, -0.1) is 6.42 Å². The van der Waals surface area contributed by atoms with Gasteiger partial charge in [0.2, 0.25) is 0 Å². The van der Waals surface area contributed by atoms with Gasteiger partial charge in [-0.25, -0.2) is 8.78 Å². The van der Waals surface area contributed by atoms with Gasteiger partial charge in [-0.05, 0) is 94.3 Å². The summed E-state index contributed by atoms with van der Waals surface area (Å²) < 4.78 is 50.4. The number of pyridine rings is 1. The first kappa shape index (κ1) is 33.7. The average Bonchev–Trinajstić information content (AvgIpc) is 3.40. The Balaban J connectivity index is 1.08. The molecule has 5 fully saturated rings. The molecule has 52 heavy (non-hydrogen) atoms. The predicted octanol–water partition coefficient (Wildman–Crippen LogP) is 7.15. The van der Waals surface area contributed by atoms with Gasteiger partial charge in [-0.1, -0.05) is 18.4 Å². The van der Waals surface area contributed by atoms with Gasteiger partial charge < -0.3 is 24.2 Å². The summed E-state index contributed by atoms with van der Waals surface area (Å²) in [5.41, 5.74) is 0.232. The first-order valence-electron chi connectivity index (χ1n) is 19.0. The number of ether oxygens (including phenoxy) is 3. The quantitative estimate of drug-likeness (QED) is 0.210. The largest absolute Gasteiger partial charge is 0.508 e. The summed E-state index contributed by atoms with van der Waals surface area (Å²) in [5.74, 6) is 1.50. The number of hydrogen-bond donors (Lipinski definition) is 1. The third kappa shape index (κ3) is 5.74. The van der Waals surface area contributed by atoms with Crippen LogP contribution in [0.5, 0.6) is 11.8 Å². The van der Waals surface area contributed by atoms with Crippen molar-refractivity contribution in [2.75, 3.05) is 51.0 Å². The lowest BCUT2D eigenvalue weighted by Gasteiger charge is -2.53. The molecular formula is C41H45F2N5O4. The van der Waals surface area contributed by atoms with E-state index in [4.69, 9.17) is 30.6 Å². The number of anilines is 1. The third-order valence-corrected chi connectivity index (χ3v) is 12.8. The van der Waals surface area contributed by atoms with Crippen molar-refractivity contribution in [3.05, 3.63) is 47.7 Å². The average molecular weight is 710 g/mol. The second-order valence-corrected chi connectivity index (χ2v) is 15.5. The maximum absolute atomic E-state index is 17.0. The van der Waals surface area contributed by atoms with Gasteiger partial charge in [-0.2, -0.15) is 9.97 Å². The minimum absolute atomic E-state index is 0.0204. The van der Waals surface area contributed by atoms with Crippen LogP contribution in [0.2, 0.25) is 0 Å². The van der Waals surface area contributed by atoms with E-state index in [0.717, 1.165) is 64.5 Å². The van der Waals surface area contributed by atoms with E-state index in [2.05, 4.69) is 20.7 Å². The van der Waals surface area contributed by atoms with Gasteiger partial charge in [0.25, 0.3) is 0 Å². The molecule has 2 aromatic heterocycles. The van der Waals surface area contributed by atoms with Gasteiger partial charge in [0.1, 0.15) is 28.6 Å². The molecule has 3 saturated heterocycles. The summed E-state index contributed by atoms with van der Waals surface area (Å²) in [6.07, 6.45) is 19.6. The van der Waals surface area contributed by atoms with Crippen LogP contribution in [0.1, 0.15) is 76.2 Å². The van der Waals surface area contributed by atoms with Crippen LogP contribution in [0.25, 0.3) is 32.9 Å². The Bertz CT molecular complexity index is 2050. The highest BCUT2D eigenvalue weighted by Crippen LogP contribution is 2.51. The smallest absolute Gasteiger partial charge is 0.319 e. The van der Waals surface area contributed by atoms with E-state index in [1.54, 1.807) is 6.20 Å². The second-order valence-electron chi connectivity index (χ2n) is 15.5. The Morgan fingerprint density at radius 3 is 2.62 bits per heavy atom. The summed E-state index contributed by atoms with van der Waals surface area (Å²) >= 11 is 0. The number of aromatic hydroxyl groups is 1. The van der Waals surface area contributed by atoms with E-state index in [1.165, 1.54) is 43.5 Å². The Morgan fingerprint density at radius 2 is 1.81 bits per heavy atom. The van der Waals surface area contributed by atoms with Crippen molar-refractivity contribution < 1.29 is 28.1 Å². The molecule has 2 atom stereocenters. The molecule has 2 saturated carbocycles. The number of nitrogens with zero attached hydrogens (tertiary/aromatic N) is 5. The lowest BCUT2D eigenvalue weighted by molar-refractivity contribution is -0.175. The van der Waals surface area contributed by atoms with E-state index in [0.29, 0.717) is 67.0 Å². The van der Waals surface area contributed by atoms with E-state index in [9.17, 15) is 9.50 Å². The molecular weight excluding hydrogens is 664 g/mol. The summed E-state index contributed by atoms with van der Waals surface area (Å²) in [5, 5.41) is 11.8. The number of hydrogen-bond acceptors (Lipinski definition) is 9. The summed E-state index contributed by atoms with van der Waals surface area (Å²) in [6, 6.07) is 6.72. The zero-order valence-corrected chi connectivity index (χ0v) is 29.5. The zero-order chi connectivity index (χ0) is 35.5. The number of aromatic nitrogens is 3. The monoisotopic (exact) mass is 709 g/mol. The first-order chi connectivity index (χ1) is 25.4. The molecule has 9 rings (SSSR count). The highest BCUT2D eigenvalue weighted by atomic mass is 19.1. The number of fused-ring (bicyclic) bond motifs is 3. The number of benzene rings is 2. The maximum Gasteiger partial charge on any atom is 0.319 e. The molecule has 0 amide bonds. The Morgan fingerprint density at radius 1 is 0.962 bits per heavy atom. The van der Waals surface area contributed by atoms with Gasteiger partial charge in [0, 0.05) is 54.3 Å². The summed E-state index contributed by atoms with van der Waals surface area (Å²) in [7, 11) is 0. The van der Waals surface area contributed by atoms with E-state index >= 15 is 4.39 Å². The van der Waals surface area contributed by atoms with Crippen molar-refractivity contribution in [2.24, 2.45) is 5.41 Å².